The number of nitrogens with zero attached hydrogens (tertiary/aromatic N) is 4. The molecule has 0 aliphatic carbocycles. The molecule has 3 heterocycles. The fourth-order valence-corrected chi connectivity index (χ4v) is 2.81. The second kappa shape index (κ2) is 5.93. The number of aromatic amines is 1. The Labute approximate surface area is 130 Å². The molecule has 2 aromatic rings. The van der Waals surface area contributed by atoms with Gasteiger partial charge in [-0.05, 0) is 6.42 Å². The lowest BCUT2D eigenvalue weighted by molar-refractivity contribution is 0.0607. The summed E-state index contributed by atoms with van der Waals surface area (Å²) in [7, 11) is 0. The van der Waals surface area contributed by atoms with Crippen LogP contribution in [0.3, 0.4) is 0 Å². The van der Waals surface area contributed by atoms with Crippen molar-refractivity contribution >= 4 is 34.4 Å². The van der Waals surface area contributed by atoms with Gasteiger partial charge in [0.25, 0.3) is 0 Å². The number of hydrogen-bond acceptors (Lipinski definition) is 6. The van der Waals surface area contributed by atoms with E-state index in [1.165, 1.54) is 4.90 Å². The molecule has 0 bridgehead atoms. The van der Waals surface area contributed by atoms with Gasteiger partial charge in [0.05, 0.1) is 35.6 Å². The predicted octanol–water partition coefficient (Wildman–Crippen LogP) is 0.617. The van der Waals surface area contributed by atoms with Gasteiger partial charge in [-0.3, -0.25) is 5.10 Å². The zero-order valence-corrected chi connectivity index (χ0v) is 12.3. The predicted molar refractivity (Wildman–Crippen MR) is 78.9 cm³/mol. The third kappa shape index (κ3) is 2.77. The normalized spacial score (nSPS) is 22.0. The first-order valence-corrected chi connectivity index (χ1v) is 7.29. The number of H-pyrrole nitrogens is 1. The van der Waals surface area contributed by atoms with Crippen LogP contribution in [-0.4, -0.2) is 66.8 Å². The van der Waals surface area contributed by atoms with Crippen molar-refractivity contribution in [1.29, 1.82) is 0 Å². The number of carbonyl (C=O) groups is 1. The van der Waals surface area contributed by atoms with Gasteiger partial charge in [-0.25, -0.2) is 4.79 Å². The average molecular weight is 327 g/mol. The highest BCUT2D eigenvalue weighted by molar-refractivity contribution is 6.17. The summed E-state index contributed by atoms with van der Waals surface area (Å²) < 4.78 is 0. The summed E-state index contributed by atoms with van der Waals surface area (Å²) in [6, 6.07) is -0.255. The Hall–Kier alpha value is -2.13. The van der Waals surface area contributed by atoms with Crippen LogP contribution in [0.15, 0.2) is 6.20 Å². The van der Waals surface area contributed by atoms with Gasteiger partial charge in [0.2, 0.25) is 0 Å². The molecule has 2 atom stereocenters. The van der Waals surface area contributed by atoms with E-state index in [4.69, 9.17) is 16.7 Å². The van der Waals surface area contributed by atoms with Crippen molar-refractivity contribution in [2.45, 2.75) is 24.4 Å². The zero-order chi connectivity index (χ0) is 15.7. The summed E-state index contributed by atoms with van der Waals surface area (Å²) in [5.74, 6) is 0.697. The summed E-state index contributed by atoms with van der Waals surface area (Å²) >= 11 is 5.80. The van der Waals surface area contributed by atoms with Gasteiger partial charge in [-0.2, -0.15) is 5.10 Å². The summed E-state index contributed by atoms with van der Waals surface area (Å²) in [4.78, 5) is 12.3. The quantitative estimate of drug-likeness (QED) is 0.609. The van der Waals surface area contributed by atoms with E-state index in [-0.39, 0.29) is 25.0 Å². The standard InChI is InChI=1S/C12H15ClN6O3/c13-2-9-10-8(3-14-17-10)11(18-16-9)15-6-1-7(20)5-19(4-6)12(21)22/h3,6-7,20H,1-2,4-5H2,(H,14,17)(H,15,18)(H,21,22)/t6-,7-/m0/s1. The van der Waals surface area contributed by atoms with Crippen LogP contribution >= 0.6 is 11.6 Å². The van der Waals surface area contributed by atoms with Crippen molar-refractivity contribution in [3.05, 3.63) is 11.9 Å². The molecule has 3 rings (SSSR count). The van der Waals surface area contributed by atoms with E-state index in [2.05, 4.69) is 25.7 Å². The molecule has 1 fully saturated rings. The van der Waals surface area contributed by atoms with Crippen LogP contribution < -0.4 is 5.32 Å². The number of rotatable bonds is 3. The molecule has 10 heteroatoms. The van der Waals surface area contributed by atoms with Crippen LogP contribution in [0.1, 0.15) is 12.1 Å². The van der Waals surface area contributed by atoms with Gasteiger partial charge < -0.3 is 20.4 Å². The Balaban J connectivity index is 1.84. The first-order valence-electron chi connectivity index (χ1n) is 6.75. The number of fused-ring (bicyclic) bond motifs is 1. The highest BCUT2D eigenvalue weighted by atomic mass is 35.5. The molecule has 1 amide bonds. The molecular weight excluding hydrogens is 312 g/mol. The molecule has 9 nitrogen and oxygen atoms in total. The Morgan fingerprint density at radius 1 is 1.50 bits per heavy atom. The Kier molecular flexibility index (Phi) is 3.99. The lowest BCUT2D eigenvalue weighted by Gasteiger charge is -2.34. The largest absolute Gasteiger partial charge is 0.465 e. The topological polar surface area (TPSA) is 127 Å². The first kappa shape index (κ1) is 14.8. The summed E-state index contributed by atoms with van der Waals surface area (Å²) in [6.07, 6.45) is 0.276. The van der Waals surface area contributed by atoms with Crippen molar-refractivity contribution in [3.63, 3.8) is 0 Å². The fraction of sp³-hybridized carbons (Fsp3) is 0.500. The highest BCUT2D eigenvalue weighted by Gasteiger charge is 2.29. The van der Waals surface area contributed by atoms with Crippen molar-refractivity contribution in [1.82, 2.24) is 25.3 Å². The molecule has 1 aliphatic heterocycles. The molecule has 118 valence electrons. The number of nitrogens with one attached hydrogen (secondary N) is 2. The van der Waals surface area contributed by atoms with E-state index in [0.29, 0.717) is 23.4 Å². The van der Waals surface area contributed by atoms with Crippen molar-refractivity contribution in [3.8, 4) is 0 Å². The summed E-state index contributed by atoms with van der Waals surface area (Å²) in [5, 5.41) is 37.7. The number of amides is 1. The molecule has 0 radical (unpaired) electrons. The number of alkyl halides is 1. The van der Waals surface area contributed by atoms with Gasteiger partial charge in [0.1, 0.15) is 5.69 Å². The summed E-state index contributed by atoms with van der Waals surface area (Å²) in [5.41, 5.74) is 1.29. The van der Waals surface area contributed by atoms with Gasteiger partial charge in [-0.15, -0.1) is 21.8 Å². The molecule has 2 aromatic heterocycles. The molecule has 1 saturated heterocycles. The minimum Gasteiger partial charge on any atom is -0.465 e. The average Bonchev–Trinajstić information content (AvgIpc) is 2.97. The van der Waals surface area contributed by atoms with Crippen LogP contribution in [0.25, 0.3) is 10.9 Å². The Morgan fingerprint density at radius 3 is 3.05 bits per heavy atom. The monoisotopic (exact) mass is 326 g/mol. The number of piperidine rings is 1. The molecule has 4 N–H and O–H groups in total. The number of hydrogen-bond donors (Lipinski definition) is 4. The van der Waals surface area contributed by atoms with E-state index >= 15 is 0 Å². The Morgan fingerprint density at radius 2 is 2.32 bits per heavy atom. The number of aromatic nitrogens is 4. The lowest BCUT2D eigenvalue weighted by atomic mass is 10.0. The van der Waals surface area contributed by atoms with Gasteiger partial charge >= 0.3 is 6.09 Å². The molecule has 0 saturated carbocycles. The zero-order valence-electron chi connectivity index (χ0n) is 11.5. The minimum atomic E-state index is -1.05. The smallest absolute Gasteiger partial charge is 0.407 e. The van der Waals surface area contributed by atoms with Gasteiger partial charge in [0, 0.05) is 12.6 Å². The Bertz CT molecular complexity index is 693. The fourth-order valence-electron chi connectivity index (χ4n) is 2.63. The number of anilines is 1. The van der Waals surface area contributed by atoms with E-state index in [0.717, 1.165) is 5.39 Å². The maximum Gasteiger partial charge on any atom is 0.407 e. The number of aliphatic hydroxyl groups is 1. The molecule has 0 unspecified atom stereocenters. The second-order valence-electron chi connectivity index (χ2n) is 5.21. The first-order chi connectivity index (χ1) is 10.6. The number of likely N-dealkylation sites (tertiary alicyclic amines) is 1. The molecule has 22 heavy (non-hydrogen) atoms. The van der Waals surface area contributed by atoms with Crippen LogP contribution in [0.5, 0.6) is 0 Å². The maximum absolute atomic E-state index is 11.1. The van der Waals surface area contributed by atoms with E-state index < -0.39 is 12.2 Å². The van der Waals surface area contributed by atoms with Crippen molar-refractivity contribution in [2.75, 3.05) is 18.4 Å². The molecule has 0 spiro atoms. The highest BCUT2D eigenvalue weighted by Crippen LogP contribution is 2.24. The van der Waals surface area contributed by atoms with Crippen molar-refractivity contribution < 1.29 is 15.0 Å². The number of carboxylic acid groups (broad SMARTS) is 1. The van der Waals surface area contributed by atoms with Crippen LogP contribution in [0, 0.1) is 0 Å². The SMILES string of the molecule is O=C(O)N1C[C@@H](O)C[C@H](Nc2nnc(CCl)c3[nH]ncc23)C1. The third-order valence-corrected chi connectivity index (χ3v) is 3.87. The number of β-amino-alcohol motifs (C(OH)–C–C–N with tert-alkyl or cyclic N) is 1. The number of halogens is 1. The van der Waals surface area contributed by atoms with E-state index in [9.17, 15) is 9.90 Å². The van der Waals surface area contributed by atoms with E-state index in [1.807, 2.05) is 0 Å². The second-order valence-corrected chi connectivity index (χ2v) is 5.47. The third-order valence-electron chi connectivity index (χ3n) is 3.62. The van der Waals surface area contributed by atoms with Gasteiger partial charge in [-0.1, -0.05) is 0 Å². The number of aliphatic hydroxyl groups excluding tert-OH is 1. The molecular formula is C12H15ClN6O3. The van der Waals surface area contributed by atoms with Gasteiger partial charge in [0.15, 0.2) is 5.82 Å². The molecule has 0 aromatic carbocycles. The minimum absolute atomic E-state index is 0.117. The maximum atomic E-state index is 11.1. The lowest BCUT2D eigenvalue weighted by Crippen LogP contribution is -2.50. The molecule has 1 aliphatic rings. The van der Waals surface area contributed by atoms with Crippen LogP contribution in [0.4, 0.5) is 10.6 Å². The van der Waals surface area contributed by atoms with Crippen molar-refractivity contribution in [2.24, 2.45) is 0 Å². The van der Waals surface area contributed by atoms with E-state index in [1.54, 1.807) is 6.20 Å². The van der Waals surface area contributed by atoms with Crippen LogP contribution in [-0.2, 0) is 5.88 Å². The summed E-state index contributed by atoms with van der Waals surface area (Å²) in [6.45, 7) is 0.385. The van der Waals surface area contributed by atoms with Crippen LogP contribution in [0.2, 0.25) is 0 Å².